The second kappa shape index (κ2) is 6.18. The summed E-state index contributed by atoms with van der Waals surface area (Å²) in [5.74, 6) is -0.191. The van der Waals surface area contributed by atoms with Crippen molar-refractivity contribution in [3.63, 3.8) is 0 Å². The minimum Gasteiger partial charge on any atom is -0.398 e. The summed E-state index contributed by atoms with van der Waals surface area (Å²) in [5, 5.41) is 7.21. The van der Waals surface area contributed by atoms with Gasteiger partial charge < -0.3 is 11.1 Å². The maximum Gasteiger partial charge on any atom is 0.254 e. The van der Waals surface area contributed by atoms with Gasteiger partial charge >= 0.3 is 0 Å². The van der Waals surface area contributed by atoms with Crippen LogP contribution in [-0.4, -0.2) is 27.2 Å². The van der Waals surface area contributed by atoms with Crippen LogP contribution in [0.2, 0.25) is 0 Å². The first kappa shape index (κ1) is 14.0. The third kappa shape index (κ3) is 3.34. The molecule has 0 aliphatic carbocycles. The van der Waals surface area contributed by atoms with E-state index in [4.69, 9.17) is 5.73 Å². The molecule has 0 bridgehead atoms. The first-order valence-corrected chi connectivity index (χ1v) is 6.56. The first-order chi connectivity index (χ1) is 9.58. The highest BCUT2D eigenvalue weighted by atomic mass is 16.1. The van der Waals surface area contributed by atoms with Gasteiger partial charge in [0.15, 0.2) is 0 Å². The van der Waals surface area contributed by atoms with Crippen LogP contribution in [0.3, 0.4) is 0 Å². The van der Waals surface area contributed by atoms with Crippen LogP contribution in [-0.2, 0) is 6.54 Å². The fourth-order valence-electron chi connectivity index (χ4n) is 2.02. The van der Waals surface area contributed by atoms with Crippen molar-refractivity contribution in [2.75, 3.05) is 12.3 Å². The zero-order chi connectivity index (χ0) is 14.5. The number of pyridine rings is 1. The van der Waals surface area contributed by atoms with Gasteiger partial charge in [0, 0.05) is 36.9 Å². The number of nitrogen functional groups attached to an aromatic ring is 1. The van der Waals surface area contributed by atoms with Crippen molar-refractivity contribution in [1.82, 2.24) is 20.1 Å². The summed E-state index contributed by atoms with van der Waals surface area (Å²) in [4.78, 5) is 15.8. The standard InChI is InChI=1S/C14H19N5O/c1-10-8-11(2)19(18-10)7-3-5-17-14(20)12-9-16-6-4-13(12)15/h4,6,8-9H,3,5,7H2,1-2H3,(H2,15,16)(H,17,20). The summed E-state index contributed by atoms with van der Waals surface area (Å²) in [6.45, 7) is 5.35. The molecule has 6 nitrogen and oxygen atoms in total. The average molecular weight is 273 g/mol. The SMILES string of the molecule is Cc1cc(C)n(CCCNC(=O)c2cnccc2N)n1. The summed E-state index contributed by atoms with van der Waals surface area (Å²) in [6.07, 6.45) is 3.86. The molecule has 0 aliphatic heterocycles. The van der Waals surface area contributed by atoms with E-state index in [1.54, 1.807) is 12.3 Å². The van der Waals surface area contributed by atoms with Gasteiger partial charge in [0.2, 0.25) is 0 Å². The van der Waals surface area contributed by atoms with Crippen molar-refractivity contribution in [3.05, 3.63) is 41.5 Å². The van der Waals surface area contributed by atoms with E-state index in [-0.39, 0.29) is 5.91 Å². The van der Waals surface area contributed by atoms with Crippen molar-refractivity contribution in [3.8, 4) is 0 Å². The lowest BCUT2D eigenvalue weighted by atomic mass is 10.2. The molecule has 0 atom stereocenters. The van der Waals surface area contributed by atoms with Crippen molar-refractivity contribution >= 4 is 11.6 Å². The van der Waals surface area contributed by atoms with Crippen molar-refractivity contribution in [2.24, 2.45) is 0 Å². The minimum absolute atomic E-state index is 0.191. The number of nitrogens with two attached hydrogens (primary N) is 1. The Morgan fingerprint density at radius 1 is 1.45 bits per heavy atom. The van der Waals surface area contributed by atoms with E-state index in [9.17, 15) is 4.79 Å². The average Bonchev–Trinajstić information content (AvgIpc) is 2.73. The molecule has 2 aromatic heterocycles. The Hall–Kier alpha value is -2.37. The molecule has 0 saturated heterocycles. The smallest absolute Gasteiger partial charge is 0.254 e. The molecule has 0 fully saturated rings. The molecule has 2 heterocycles. The molecule has 2 rings (SSSR count). The van der Waals surface area contributed by atoms with E-state index in [0.717, 1.165) is 24.4 Å². The van der Waals surface area contributed by atoms with Gasteiger partial charge in [0.25, 0.3) is 5.91 Å². The summed E-state index contributed by atoms with van der Waals surface area (Å²) in [6, 6.07) is 3.65. The topological polar surface area (TPSA) is 85.8 Å². The quantitative estimate of drug-likeness (QED) is 0.804. The fraction of sp³-hybridized carbons (Fsp3) is 0.357. The Labute approximate surface area is 118 Å². The molecule has 2 aromatic rings. The van der Waals surface area contributed by atoms with Crippen molar-refractivity contribution < 1.29 is 4.79 Å². The zero-order valence-electron chi connectivity index (χ0n) is 11.8. The van der Waals surface area contributed by atoms with Crippen molar-refractivity contribution in [1.29, 1.82) is 0 Å². The molecule has 1 amide bonds. The van der Waals surface area contributed by atoms with Crippen LogP contribution < -0.4 is 11.1 Å². The van der Waals surface area contributed by atoms with Crippen LogP contribution in [0, 0.1) is 13.8 Å². The number of amides is 1. The molecular formula is C14H19N5O. The van der Waals surface area contributed by atoms with Gasteiger partial charge in [-0.2, -0.15) is 5.10 Å². The molecule has 0 saturated carbocycles. The van der Waals surface area contributed by atoms with Crippen LogP contribution >= 0.6 is 0 Å². The van der Waals surface area contributed by atoms with Crippen LogP contribution in [0.5, 0.6) is 0 Å². The number of anilines is 1. The molecule has 0 aromatic carbocycles. The molecular weight excluding hydrogens is 254 g/mol. The van der Waals surface area contributed by atoms with Crippen molar-refractivity contribution in [2.45, 2.75) is 26.8 Å². The van der Waals surface area contributed by atoms with Gasteiger partial charge in [-0.15, -0.1) is 0 Å². The van der Waals surface area contributed by atoms with E-state index in [1.165, 1.54) is 6.20 Å². The number of rotatable bonds is 5. The molecule has 106 valence electrons. The van der Waals surface area contributed by atoms with Gasteiger partial charge in [-0.05, 0) is 32.4 Å². The number of carbonyl (C=O) groups excluding carboxylic acids is 1. The van der Waals surface area contributed by atoms with E-state index in [1.807, 2.05) is 24.6 Å². The Balaban J connectivity index is 1.80. The zero-order valence-corrected chi connectivity index (χ0v) is 11.8. The third-order valence-corrected chi connectivity index (χ3v) is 3.04. The van der Waals surface area contributed by atoms with Crippen LogP contribution in [0.25, 0.3) is 0 Å². The van der Waals surface area contributed by atoms with Gasteiger partial charge in [0.05, 0.1) is 11.3 Å². The van der Waals surface area contributed by atoms with Crippen LogP contribution in [0.1, 0.15) is 28.2 Å². The van der Waals surface area contributed by atoms with Gasteiger partial charge in [0.1, 0.15) is 0 Å². The van der Waals surface area contributed by atoms with Gasteiger partial charge in [-0.25, -0.2) is 0 Å². The lowest BCUT2D eigenvalue weighted by Crippen LogP contribution is -2.26. The highest BCUT2D eigenvalue weighted by molar-refractivity contribution is 5.98. The lowest BCUT2D eigenvalue weighted by molar-refractivity contribution is 0.0953. The maximum atomic E-state index is 11.9. The summed E-state index contributed by atoms with van der Waals surface area (Å²) >= 11 is 0. The number of aromatic nitrogens is 3. The highest BCUT2D eigenvalue weighted by Crippen LogP contribution is 2.08. The van der Waals surface area contributed by atoms with Crippen LogP contribution in [0.15, 0.2) is 24.5 Å². The highest BCUT2D eigenvalue weighted by Gasteiger charge is 2.08. The second-order valence-corrected chi connectivity index (χ2v) is 4.72. The van der Waals surface area contributed by atoms with E-state index in [2.05, 4.69) is 15.4 Å². The van der Waals surface area contributed by atoms with Crippen LogP contribution in [0.4, 0.5) is 5.69 Å². The molecule has 6 heteroatoms. The molecule has 0 aliphatic rings. The largest absolute Gasteiger partial charge is 0.398 e. The predicted octanol–water partition coefficient (Wildman–Crippen LogP) is 1.30. The van der Waals surface area contributed by atoms with E-state index < -0.39 is 0 Å². The Morgan fingerprint density at radius 2 is 2.25 bits per heavy atom. The molecule has 0 radical (unpaired) electrons. The van der Waals surface area contributed by atoms with E-state index >= 15 is 0 Å². The third-order valence-electron chi connectivity index (χ3n) is 3.04. The molecule has 0 unspecified atom stereocenters. The monoisotopic (exact) mass is 273 g/mol. The maximum absolute atomic E-state index is 11.9. The number of nitrogens with zero attached hydrogens (tertiary/aromatic N) is 3. The second-order valence-electron chi connectivity index (χ2n) is 4.72. The lowest BCUT2D eigenvalue weighted by Gasteiger charge is -2.07. The van der Waals surface area contributed by atoms with E-state index in [0.29, 0.717) is 17.8 Å². The number of hydrogen-bond donors (Lipinski definition) is 2. The normalized spacial score (nSPS) is 10.5. The van der Waals surface area contributed by atoms with Gasteiger partial charge in [-0.3, -0.25) is 14.5 Å². The molecule has 0 spiro atoms. The number of nitrogens with one attached hydrogen (secondary N) is 1. The number of aryl methyl sites for hydroxylation is 3. The molecule has 20 heavy (non-hydrogen) atoms. The first-order valence-electron chi connectivity index (χ1n) is 6.56. The summed E-state index contributed by atoms with van der Waals surface area (Å²) < 4.78 is 1.94. The fourth-order valence-corrected chi connectivity index (χ4v) is 2.02. The Bertz CT molecular complexity index is 605. The molecule has 3 N–H and O–H groups in total. The summed E-state index contributed by atoms with van der Waals surface area (Å²) in [5.41, 5.74) is 8.72. The number of carbonyl (C=O) groups is 1. The minimum atomic E-state index is -0.191. The Kier molecular flexibility index (Phi) is 4.34. The predicted molar refractivity (Wildman–Crippen MR) is 77.3 cm³/mol. The van der Waals surface area contributed by atoms with Gasteiger partial charge in [-0.1, -0.05) is 0 Å². The number of hydrogen-bond acceptors (Lipinski definition) is 4. The summed E-state index contributed by atoms with van der Waals surface area (Å²) in [7, 11) is 0. The Morgan fingerprint density at radius 3 is 2.90 bits per heavy atom.